The molecule has 13 heavy (non-hydrogen) atoms. The fourth-order valence-corrected chi connectivity index (χ4v) is 2.79. The molecule has 0 spiro atoms. The first-order valence-electron chi connectivity index (χ1n) is 3.97. The Kier molecular flexibility index (Phi) is 2.04. The monoisotopic (exact) mass is 202 g/mol. The van der Waals surface area contributed by atoms with Gasteiger partial charge in [-0.05, 0) is 23.3 Å². The Bertz CT molecular complexity index is 327. The van der Waals surface area contributed by atoms with E-state index in [0.29, 0.717) is 4.90 Å². The third-order valence-electron chi connectivity index (χ3n) is 2.13. The van der Waals surface area contributed by atoms with Gasteiger partial charge < -0.3 is 4.55 Å². The van der Waals surface area contributed by atoms with Gasteiger partial charge in [-0.15, -0.1) is 0 Å². The standard InChI is InChI=1S/C9H8F2OS/c10-9(11)5-6-13(12)8-4-2-1-3-7(8)9/h1-4H,5-6H2. The molecular weight excluding hydrogens is 194 g/mol. The largest absolute Gasteiger partial charge is 0.611 e. The van der Waals surface area contributed by atoms with Gasteiger partial charge in [-0.25, -0.2) is 8.78 Å². The summed E-state index contributed by atoms with van der Waals surface area (Å²) in [7, 11) is 0. The molecule has 0 aromatic heterocycles. The van der Waals surface area contributed by atoms with Crippen molar-refractivity contribution < 1.29 is 13.3 Å². The van der Waals surface area contributed by atoms with Gasteiger partial charge in [-0.2, -0.15) is 0 Å². The Labute approximate surface area is 77.9 Å². The van der Waals surface area contributed by atoms with Crippen LogP contribution >= 0.6 is 0 Å². The molecular formula is C9H8F2OS. The molecule has 0 saturated carbocycles. The maximum Gasteiger partial charge on any atom is 0.282 e. The number of fused-ring (bicyclic) bond motifs is 1. The van der Waals surface area contributed by atoms with Crippen LogP contribution in [0.5, 0.6) is 0 Å². The summed E-state index contributed by atoms with van der Waals surface area (Å²) in [5, 5.41) is 0. The summed E-state index contributed by atoms with van der Waals surface area (Å²) in [4.78, 5) is 0.291. The Hall–Kier alpha value is -0.610. The van der Waals surface area contributed by atoms with E-state index in [1.54, 1.807) is 12.1 Å². The number of benzene rings is 1. The van der Waals surface area contributed by atoms with Crippen LogP contribution in [0.25, 0.3) is 0 Å². The zero-order valence-corrected chi connectivity index (χ0v) is 7.61. The summed E-state index contributed by atoms with van der Waals surface area (Å²) in [6.45, 7) is 0. The number of hydrogen-bond donors (Lipinski definition) is 0. The molecule has 0 amide bonds. The van der Waals surface area contributed by atoms with E-state index in [2.05, 4.69) is 0 Å². The van der Waals surface area contributed by atoms with Crippen molar-refractivity contribution in [1.29, 1.82) is 0 Å². The first kappa shape index (κ1) is 8.97. The van der Waals surface area contributed by atoms with Crippen LogP contribution < -0.4 is 0 Å². The topological polar surface area (TPSA) is 23.1 Å². The van der Waals surface area contributed by atoms with Crippen LogP contribution in [0, 0.1) is 0 Å². The maximum absolute atomic E-state index is 13.2. The SMILES string of the molecule is [O-][S+]1CCC(F)(F)c2ccccc21. The molecule has 70 valence electrons. The van der Waals surface area contributed by atoms with E-state index in [0.717, 1.165) is 0 Å². The van der Waals surface area contributed by atoms with Crippen LogP contribution in [0.2, 0.25) is 0 Å². The molecule has 1 aliphatic rings. The third-order valence-corrected chi connectivity index (χ3v) is 3.55. The minimum absolute atomic E-state index is 0.0595. The smallest absolute Gasteiger partial charge is 0.282 e. The van der Waals surface area contributed by atoms with Crippen molar-refractivity contribution in [1.82, 2.24) is 0 Å². The van der Waals surface area contributed by atoms with Gasteiger partial charge in [-0.1, -0.05) is 12.1 Å². The minimum atomic E-state index is -2.80. The Morgan fingerprint density at radius 1 is 1.31 bits per heavy atom. The van der Waals surface area contributed by atoms with E-state index in [9.17, 15) is 13.3 Å². The fraction of sp³-hybridized carbons (Fsp3) is 0.333. The van der Waals surface area contributed by atoms with Crippen molar-refractivity contribution in [2.75, 3.05) is 5.75 Å². The molecule has 1 aliphatic heterocycles. The van der Waals surface area contributed by atoms with Crippen molar-refractivity contribution in [2.24, 2.45) is 0 Å². The first-order chi connectivity index (χ1) is 6.11. The predicted octanol–water partition coefficient (Wildman–Crippen LogP) is 2.29. The highest BCUT2D eigenvalue weighted by Gasteiger charge is 2.42. The van der Waals surface area contributed by atoms with Gasteiger partial charge in [-0.3, -0.25) is 0 Å². The molecule has 1 heterocycles. The quantitative estimate of drug-likeness (QED) is 0.592. The summed E-state index contributed by atoms with van der Waals surface area (Å²) in [6, 6.07) is 6.05. The number of halogens is 2. The molecule has 1 unspecified atom stereocenters. The second-order valence-electron chi connectivity index (χ2n) is 3.00. The second kappa shape index (κ2) is 2.96. The molecule has 1 aromatic rings. The molecule has 0 bridgehead atoms. The molecule has 4 heteroatoms. The highest BCUT2D eigenvalue weighted by molar-refractivity contribution is 7.91. The summed E-state index contributed by atoms with van der Waals surface area (Å²) in [6.07, 6.45) is -0.309. The van der Waals surface area contributed by atoms with Crippen molar-refractivity contribution in [3.05, 3.63) is 29.8 Å². The third kappa shape index (κ3) is 1.44. The van der Waals surface area contributed by atoms with Crippen LogP contribution in [0.1, 0.15) is 12.0 Å². The summed E-state index contributed by atoms with van der Waals surface area (Å²) < 4.78 is 37.8. The van der Waals surface area contributed by atoms with Gasteiger partial charge in [0.15, 0.2) is 4.90 Å². The Balaban J connectivity index is 2.55. The lowest BCUT2D eigenvalue weighted by Gasteiger charge is -2.25. The number of alkyl halides is 2. The molecule has 1 atom stereocenters. The number of hydrogen-bond acceptors (Lipinski definition) is 1. The molecule has 2 rings (SSSR count). The average Bonchev–Trinajstić information content (AvgIpc) is 2.13. The normalized spacial score (nSPS) is 25.3. The lowest BCUT2D eigenvalue weighted by Crippen LogP contribution is -2.27. The van der Waals surface area contributed by atoms with E-state index in [-0.39, 0.29) is 17.7 Å². The van der Waals surface area contributed by atoms with Crippen LogP contribution in [0.4, 0.5) is 8.78 Å². The van der Waals surface area contributed by atoms with Crippen molar-refractivity contribution >= 4 is 11.2 Å². The van der Waals surface area contributed by atoms with E-state index in [1.807, 2.05) is 0 Å². The molecule has 1 aromatic carbocycles. The molecule has 1 nitrogen and oxygen atoms in total. The van der Waals surface area contributed by atoms with E-state index >= 15 is 0 Å². The zero-order chi connectivity index (χ0) is 9.47. The van der Waals surface area contributed by atoms with Gasteiger partial charge in [0.25, 0.3) is 5.92 Å². The zero-order valence-electron chi connectivity index (χ0n) is 6.80. The lowest BCUT2D eigenvalue weighted by atomic mass is 10.1. The highest BCUT2D eigenvalue weighted by atomic mass is 32.2. The van der Waals surface area contributed by atoms with Gasteiger partial charge in [0.2, 0.25) is 0 Å². The fourth-order valence-electron chi connectivity index (χ4n) is 1.43. The first-order valence-corrected chi connectivity index (χ1v) is 5.29. The predicted molar refractivity (Wildman–Crippen MR) is 46.2 cm³/mol. The molecule has 0 N–H and O–H groups in total. The van der Waals surface area contributed by atoms with E-state index in [1.165, 1.54) is 12.1 Å². The van der Waals surface area contributed by atoms with Crippen LogP contribution in [-0.4, -0.2) is 10.3 Å². The van der Waals surface area contributed by atoms with Crippen molar-refractivity contribution in [3.63, 3.8) is 0 Å². The second-order valence-corrected chi connectivity index (χ2v) is 4.54. The van der Waals surface area contributed by atoms with Crippen LogP contribution in [-0.2, 0) is 17.1 Å². The van der Waals surface area contributed by atoms with Gasteiger partial charge >= 0.3 is 0 Å². The Morgan fingerprint density at radius 3 is 2.69 bits per heavy atom. The summed E-state index contributed by atoms with van der Waals surface area (Å²) in [5.74, 6) is -2.74. The van der Waals surface area contributed by atoms with Gasteiger partial charge in [0.05, 0.1) is 12.0 Å². The average molecular weight is 202 g/mol. The van der Waals surface area contributed by atoms with E-state index in [4.69, 9.17) is 0 Å². The number of rotatable bonds is 0. The Morgan fingerprint density at radius 2 is 2.00 bits per heavy atom. The molecule has 0 fully saturated rings. The minimum Gasteiger partial charge on any atom is -0.611 e. The van der Waals surface area contributed by atoms with E-state index < -0.39 is 17.1 Å². The van der Waals surface area contributed by atoms with Crippen LogP contribution in [0.15, 0.2) is 29.2 Å². The van der Waals surface area contributed by atoms with Crippen molar-refractivity contribution in [2.45, 2.75) is 17.2 Å². The molecule has 0 radical (unpaired) electrons. The lowest BCUT2D eigenvalue weighted by molar-refractivity contribution is -0.0126. The van der Waals surface area contributed by atoms with Crippen molar-refractivity contribution in [3.8, 4) is 0 Å². The maximum atomic E-state index is 13.2. The van der Waals surface area contributed by atoms with Crippen LogP contribution in [0.3, 0.4) is 0 Å². The summed E-state index contributed by atoms with van der Waals surface area (Å²) >= 11 is -1.24. The summed E-state index contributed by atoms with van der Waals surface area (Å²) in [5.41, 5.74) is -0.0698. The highest BCUT2D eigenvalue weighted by Crippen LogP contribution is 2.40. The molecule has 0 saturated heterocycles. The molecule has 0 aliphatic carbocycles. The van der Waals surface area contributed by atoms with Gasteiger partial charge in [0.1, 0.15) is 5.75 Å². The van der Waals surface area contributed by atoms with Gasteiger partial charge in [0, 0.05) is 0 Å².